The van der Waals surface area contributed by atoms with Gasteiger partial charge < -0.3 is 5.32 Å². The van der Waals surface area contributed by atoms with Gasteiger partial charge in [-0.1, -0.05) is 6.92 Å². The summed E-state index contributed by atoms with van der Waals surface area (Å²) in [5, 5.41) is 3.39. The molecule has 0 bridgehead atoms. The van der Waals surface area contributed by atoms with E-state index in [0.717, 1.165) is 31.2 Å². The van der Waals surface area contributed by atoms with Crippen LogP contribution in [0.5, 0.6) is 0 Å². The third-order valence-electron chi connectivity index (χ3n) is 2.64. The second-order valence-corrected chi connectivity index (χ2v) is 4.04. The molecule has 0 aliphatic heterocycles. The molecular formula is C13H18N4. The van der Waals surface area contributed by atoms with E-state index in [9.17, 15) is 0 Å². The highest BCUT2D eigenvalue weighted by Crippen LogP contribution is 2.09. The average Bonchev–Trinajstić information content (AvgIpc) is 2.76. The minimum Gasteiger partial charge on any atom is -0.313 e. The first-order valence-electron chi connectivity index (χ1n) is 5.97. The summed E-state index contributed by atoms with van der Waals surface area (Å²) in [6, 6.07) is 4.13. The number of hydrogen-bond donors (Lipinski definition) is 1. The molecule has 2 aromatic rings. The van der Waals surface area contributed by atoms with E-state index in [1.807, 2.05) is 30.0 Å². The van der Waals surface area contributed by atoms with Crippen LogP contribution in [-0.4, -0.2) is 21.1 Å². The predicted molar refractivity (Wildman–Crippen MR) is 68.1 cm³/mol. The van der Waals surface area contributed by atoms with E-state index in [-0.39, 0.29) is 0 Å². The fourth-order valence-electron chi connectivity index (χ4n) is 1.73. The van der Waals surface area contributed by atoms with Gasteiger partial charge in [-0.2, -0.15) is 0 Å². The normalized spacial score (nSPS) is 10.7. The van der Waals surface area contributed by atoms with Gasteiger partial charge in [-0.3, -0.25) is 4.57 Å². The van der Waals surface area contributed by atoms with Crippen LogP contribution in [0.15, 0.2) is 30.7 Å². The van der Waals surface area contributed by atoms with Crippen molar-refractivity contribution in [1.29, 1.82) is 0 Å². The Bertz CT molecular complexity index is 476. The number of hydrogen-bond acceptors (Lipinski definition) is 3. The first kappa shape index (κ1) is 11.8. The molecule has 0 amide bonds. The average molecular weight is 230 g/mol. The Morgan fingerprint density at radius 2 is 2.18 bits per heavy atom. The Kier molecular flexibility index (Phi) is 3.88. The molecule has 2 aromatic heterocycles. The van der Waals surface area contributed by atoms with Crippen molar-refractivity contribution in [3.8, 4) is 5.82 Å². The number of rotatable bonds is 5. The monoisotopic (exact) mass is 230 g/mol. The van der Waals surface area contributed by atoms with Crippen molar-refractivity contribution in [3.05, 3.63) is 42.1 Å². The van der Waals surface area contributed by atoms with Crippen LogP contribution in [0, 0.1) is 6.92 Å². The van der Waals surface area contributed by atoms with Gasteiger partial charge in [0, 0.05) is 25.1 Å². The highest BCUT2D eigenvalue weighted by molar-refractivity contribution is 5.29. The van der Waals surface area contributed by atoms with Gasteiger partial charge in [0.15, 0.2) is 0 Å². The van der Waals surface area contributed by atoms with Crippen molar-refractivity contribution in [2.45, 2.75) is 26.8 Å². The van der Waals surface area contributed by atoms with Crippen molar-refractivity contribution in [2.75, 3.05) is 6.54 Å². The van der Waals surface area contributed by atoms with E-state index >= 15 is 0 Å². The lowest BCUT2D eigenvalue weighted by Crippen LogP contribution is -2.14. The van der Waals surface area contributed by atoms with Crippen LogP contribution in [0.1, 0.15) is 24.7 Å². The van der Waals surface area contributed by atoms with Gasteiger partial charge in [0.25, 0.3) is 0 Å². The first-order valence-corrected chi connectivity index (χ1v) is 5.97. The van der Waals surface area contributed by atoms with Crippen molar-refractivity contribution < 1.29 is 0 Å². The maximum atomic E-state index is 4.37. The van der Waals surface area contributed by atoms with Crippen molar-refractivity contribution in [3.63, 3.8) is 0 Å². The van der Waals surface area contributed by atoms with Gasteiger partial charge >= 0.3 is 0 Å². The summed E-state index contributed by atoms with van der Waals surface area (Å²) in [5.41, 5.74) is 1.25. The molecule has 4 heteroatoms. The van der Waals surface area contributed by atoms with E-state index in [0.29, 0.717) is 0 Å². The molecule has 0 fully saturated rings. The molecule has 0 aliphatic carbocycles. The topological polar surface area (TPSA) is 42.7 Å². The molecule has 0 saturated carbocycles. The second kappa shape index (κ2) is 5.59. The molecule has 0 aliphatic rings. The van der Waals surface area contributed by atoms with E-state index in [4.69, 9.17) is 0 Å². The molecule has 0 spiro atoms. The lowest BCUT2D eigenvalue weighted by molar-refractivity contribution is 0.674. The van der Waals surface area contributed by atoms with E-state index in [2.05, 4.69) is 28.3 Å². The molecule has 2 heterocycles. The maximum Gasteiger partial charge on any atom is 0.138 e. The van der Waals surface area contributed by atoms with Crippen LogP contribution in [0.4, 0.5) is 0 Å². The number of nitrogens with zero attached hydrogens (tertiary/aromatic N) is 3. The Morgan fingerprint density at radius 3 is 2.88 bits per heavy atom. The van der Waals surface area contributed by atoms with Gasteiger partial charge in [0.2, 0.25) is 0 Å². The number of pyridine rings is 1. The largest absolute Gasteiger partial charge is 0.313 e. The molecule has 0 atom stereocenters. The van der Waals surface area contributed by atoms with Crippen molar-refractivity contribution >= 4 is 0 Å². The summed E-state index contributed by atoms with van der Waals surface area (Å²) in [7, 11) is 0. The molecule has 2 rings (SSSR count). The molecule has 0 unspecified atom stereocenters. The van der Waals surface area contributed by atoms with Crippen LogP contribution in [-0.2, 0) is 6.54 Å². The Labute approximate surface area is 102 Å². The van der Waals surface area contributed by atoms with E-state index in [1.165, 1.54) is 5.56 Å². The summed E-state index contributed by atoms with van der Waals surface area (Å²) >= 11 is 0. The van der Waals surface area contributed by atoms with Crippen LogP contribution in [0.3, 0.4) is 0 Å². The lowest BCUT2D eigenvalue weighted by Gasteiger charge is -2.07. The zero-order valence-electron chi connectivity index (χ0n) is 10.3. The zero-order chi connectivity index (χ0) is 12.1. The lowest BCUT2D eigenvalue weighted by atomic mass is 10.2. The fourth-order valence-corrected chi connectivity index (χ4v) is 1.73. The van der Waals surface area contributed by atoms with Gasteiger partial charge in [0.05, 0.1) is 0 Å². The van der Waals surface area contributed by atoms with Crippen LogP contribution in [0.2, 0.25) is 0 Å². The summed E-state index contributed by atoms with van der Waals surface area (Å²) < 4.78 is 1.99. The Morgan fingerprint density at radius 1 is 1.29 bits per heavy atom. The zero-order valence-corrected chi connectivity index (χ0v) is 10.3. The summed E-state index contributed by atoms with van der Waals surface area (Å²) in [5.74, 6) is 1.88. The highest BCUT2D eigenvalue weighted by atomic mass is 15.1. The van der Waals surface area contributed by atoms with Crippen LogP contribution < -0.4 is 5.32 Å². The Hall–Kier alpha value is -1.68. The van der Waals surface area contributed by atoms with Gasteiger partial charge in [-0.15, -0.1) is 0 Å². The van der Waals surface area contributed by atoms with Crippen molar-refractivity contribution in [2.24, 2.45) is 0 Å². The van der Waals surface area contributed by atoms with Gasteiger partial charge in [-0.25, -0.2) is 9.97 Å². The fraction of sp³-hybridized carbons (Fsp3) is 0.385. The SMILES string of the molecule is CCCNCc1ccnc(-n2ccnc2C)c1. The first-order chi connectivity index (χ1) is 8.31. The van der Waals surface area contributed by atoms with Crippen molar-refractivity contribution in [1.82, 2.24) is 19.9 Å². The standard InChI is InChI=1S/C13H18N4/c1-3-5-14-10-12-4-6-16-13(9-12)17-8-7-15-11(17)2/h4,6-9,14H,3,5,10H2,1-2H3. The Balaban J connectivity index is 2.14. The number of imidazole rings is 1. The highest BCUT2D eigenvalue weighted by Gasteiger charge is 2.02. The third-order valence-corrected chi connectivity index (χ3v) is 2.64. The summed E-state index contributed by atoms with van der Waals surface area (Å²) in [6.45, 7) is 6.07. The minimum absolute atomic E-state index is 0.886. The quantitative estimate of drug-likeness (QED) is 0.800. The summed E-state index contributed by atoms with van der Waals surface area (Å²) in [4.78, 5) is 8.57. The summed E-state index contributed by atoms with van der Waals surface area (Å²) in [6.07, 6.45) is 6.72. The number of aryl methyl sites for hydroxylation is 1. The van der Waals surface area contributed by atoms with Crippen LogP contribution in [0.25, 0.3) is 5.82 Å². The van der Waals surface area contributed by atoms with Crippen LogP contribution >= 0.6 is 0 Å². The molecule has 1 N–H and O–H groups in total. The smallest absolute Gasteiger partial charge is 0.138 e. The molecule has 0 aromatic carbocycles. The predicted octanol–water partition coefficient (Wildman–Crippen LogP) is 2.08. The van der Waals surface area contributed by atoms with Gasteiger partial charge in [0.1, 0.15) is 11.6 Å². The molecule has 0 radical (unpaired) electrons. The second-order valence-electron chi connectivity index (χ2n) is 4.04. The molecule has 4 nitrogen and oxygen atoms in total. The van der Waals surface area contributed by atoms with E-state index < -0.39 is 0 Å². The molecule has 90 valence electrons. The minimum atomic E-state index is 0.886. The molecular weight excluding hydrogens is 212 g/mol. The maximum absolute atomic E-state index is 4.37. The third kappa shape index (κ3) is 2.91. The molecule has 0 saturated heterocycles. The number of nitrogens with one attached hydrogen (secondary N) is 1. The van der Waals surface area contributed by atoms with Gasteiger partial charge in [-0.05, 0) is 37.6 Å². The van der Waals surface area contributed by atoms with E-state index in [1.54, 1.807) is 6.20 Å². The molecule has 17 heavy (non-hydrogen) atoms. The number of aromatic nitrogens is 3.